The molecule has 0 aromatic heterocycles. The van der Waals surface area contributed by atoms with E-state index in [0.717, 1.165) is 5.56 Å². The van der Waals surface area contributed by atoms with E-state index in [-0.39, 0.29) is 11.9 Å². The molecule has 1 unspecified atom stereocenters. The van der Waals surface area contributed by atoms with Crippen LogP contribution in [0.5, 0.6) is 5.75 Å². The van der Waals surface area contributed by atoms with Crippen molar-refractivity contribution in [3.63, 3.8) is 0 Å². The smallest absolute Gasteiger partial charge is 0.260 e. The van der Waals surface area contributed by atoms with Crippen LogP contribution in [0.4, 0.5) is 0 Å². The molecule has 1 atom stereocenters. The van der Waals surface area contributed by atoms with Gasteiger partial charge in [-0.25, -0.2) is 0 Å². The zero-order valence-electron chi connectivity index (χ0n) is 11.2. The van der Waals surface area contributed by atoms with Gasteiger partial charge in [0.05, 0.1) is 11.6 Å². The highest BCUT2D eigenvalue weighted by Gasteiger charge is 2.16. The van der Waals surface area contributed by atoms with Crippen LogP contribution < -0.4 is 10.1 Å². The van der Waals surface area contributed by atoms with Crippen LogP contribution in [0, 0.1) is 18.3 Å². The molecule has 0 aliphatic rings. The van der Waals surface area contributed by atoms with Crippen LogP contribution in [0.15, 0.2) is 18.2 Å². The lowest BCUT2D eigenvalue weighted by Crippen LogP contribution is -2.40. The van der Waals surface area contributed by atoms with Crippen molar-refractivity contribution in [3.05, 3.63) is 29.3 Å². The highest BCUT2D eigenvalue weighted by atomic mass is 16.5. The fourth-order valence-corrected chi connectivity index (χ4v) is 1.44. The molecule has 4 heteroatoms. The Morgan fingerprint density at radius 3 is 2.61 bits per heavy atom. The van der Waals surface area contributed by atoms with Gasteiger partial charge < -0.3 is 10.1 Å². The van der Waals surface area contributed by atoms with Gasteiger partial charge in [0.25, 0.3) is 5.91 Å². The van der Waals surface area contributed by atoms with E-state index in [1.165, 1.54) is 0 Å². The van der Waals surface area contributed by atoms with E-state index in [2.05, 4.69) is 5.32 Å². The monoisotopic (exact) mass is 246 g/mol. The van der Waals surface area contributed by atoms with Crippen LogP contribution in [-0.4, -0.2) is 18.1 Å². The standard InChI is InChI=1S/C14H18N2O2/c1-9(2)16-14(17)11(4)18-13-7-12(8-15)6-5-10(13)3/h5-7,9,11H,1-4H3,(H,16,17). The number of nitrogens with zero attached hydrogens (tertiary/aromatic N) is 1. The van der Waals surface area contributed by atoms with Crippen molar-refractivity contribution in [1.82, 2.24) is 5.32 Å². The van der Waals surface area contributed by atoms with Gasteiger partial charge >= 0.3 is 0 Å². The highest BCUT2D eigenvalue weighted by Crippen LogP contribution is 2.20. The molecule has 1 aromatic carbocycles. The van der Waals surface area contributed by atoms with Gasteiger partial charge in [0.1, 0.15) is 5.75 Å². The van der Waals surface area contributed by atoms with Gasteiger partial charge in [-0.1, -0.05) is 6.07 Å². The van der Waals surface area contributed by atoms with Gasteiger partial charge in [0.15, 0.2) is 6.10 Å². The fourth-order valence-electron chi connectivity index (χ4n) is 1.44. The number of carbonyl (C=O) groups is 1. The molecule has 4 nitrogen and oxygen atoms in total. The second kappa shape index (κ2) is 6.06. The predicted octanol–water partition coefficient (Wildman–Crippen LogP) is 2.16. The van der Waals surface area contributed by atoms with Crippen LogP contribution >= 0.6 is 0 Å². The van der Waals surface area contributed by atoms with Crippen LogP contribution in [0.25, 0.3) is 0 Å². The molecule has 0 aliphatic carbocycles. The van der Waals surface area contributed by atoms with Gasteiger partial charge in [-0.05, 0) is 45.4 Å². The molecule has 0 bridgehead atoms. The number of hydrogen-bond donors (Lipinski definition) is 1. The number of benzene rings is 1. The zero-order chi connectivity index (χ0) is 13.7. The highest BCUT2D eigenvalue weighted by molar-refractivity contribution is 5.81. The van der Waals surface area contributed by atoms with Crippen molar-refractivity contribution < 1.29 is 9.53 Å². The Labute approximate surface area is 108 Å². The Hall–Kier alpha value is -2.02. The quantitative estimate of drug-likeness (QED) is 0.885. The number of ether oxygens (including phenoxy) is 1. The summed E-state index contributed by atoms with van der Waals surface area (Å²) in [6.45, 7) is 7.36. The summed E-state index contributed by atoms with van der Waals surface area (Å²) in [5.41, 5.74) is 1.42. The Balaban J connectivity index is 2.78. The van der Waals surface area contributed by atoms with E-state index < -0.39 is 6.10 Å². The molecule has 0 saturated carbocycles. The summed E-state index contributed by atoms with van der Waals surface area (Å²) in [7, 11) is 0. The second-order valence-electron chi connectivity index (χ2n) is 4.52. The van der Waals surface area contributed by atoms with Gasteiger partial charge in [0.2, 0.25) is 0 Å². The summed E-state index contributed by atoms with van der Waals surface area (Å²) in [6.07, 6.45) is -0.583. The average molecular weight is 246 g/mol. The van der Waals surface area contributed by atoms with Crippen LogP contribution in [0.1, 0.15) is 31.9 Å². The first-order valence-corrected chi connectivity index (χ1v) is 5.91. The number of amides is 1. The summed E-state index contributed by atoms with van der Waals surface area (Å²) in [5.74, 6) is 0.409. The van der Waals surface area contributed by atoms with Crippen molar-refractivity contribution in [2.24, 2.45) is 0 Å². The maximum Gasteiger partial charge on any atom is 0.260 e. The molecular weight excluding hydrogens is 228 g/mol. The van der Waals surface area contributed by atoms with E-state index in [0.29, 0.717) is 11.3 Å². The summed E-state index contributed by atoms with van der Waals surface area (Å²) in [6, 6.07) is 7.30. The average Bonchev–Trinajstić information content (AvgIpc) is 2.31. The number of rotatable bonds is 4. The molecule has 0 saturated heterocycles. The van der Waals surface area contributed by atoms with Crippen LogP contribution in [0.2, 0.25) is 0 Å². The summed E-state index contributed by atoms with van der Waals surface area (Å²) >= 11 is 0. The first-order valence-electron chi connectivity index (χ1n) is 5.91. The Kier molecular flexibility index (Phi) is 4.73. The SMILES string of the molecule is Cc1ccc(C#N)cc1OC(C)C(=O)NC(C)C. The van der Waals surface area contributed by atoms with Crippen LogP contribution in [0.3, 0.4) is 0 Å². The van der Waals surface area contributed by atoms with E-state index >= 15 is 0 Å². The number of nitrogens with one attached hydrogen (secondary N) is 1. The minimum absolute atomic E-state index is 0.0788. The van der Waals surface area contributed by atoms with Crippen molar-refractivity contribution in [2.75, 3.05) is 0 Å². The Morgan fingerprint density at radius 1 is 1.39 bits per heavy atom. The normalized spacial score (nSPS) is 11.8. The topological polar surface area (TPSA) is 62.1 Å². The number of aryl methyl sites for hydroxylation is 1. The first-order chi connectivity index (χ1) is 8.43. The second-order valence-corrected chi connectivity index (χ2v) is 4.52. The number of nitriles is 1. The molecule has 1 aromatic rings. The fraction of sp³-hybridized carbons (Fsp3) is 0.429. The summed E-state index contributed by atoms with van der Waals surface area (Å²) < 4.78 is 5.59. The minimum atomic E-state index is -0.583. The lowest BCUT2D eigenvalue weighted by Gasteiger charge is -2.17. The third kappa shape index (κ3) is 3.77. The maximum absolute atomic E-state index is 11.7. The lowest BCUT2D eigenvalue weighted by atomic mass is 10.1. The molecule has 0 fully saturated rings. The summed E-state index contributed by atoms with van der Waals surface area (Å²) in [5, 5.41) is 11.6. The van der Waals surface area contributed by atoms with Crippen molar-refractivity contribution in [3.8, 4) is 11.8 Å². The number of carbonyl (C=O) groups excluding carboxylic acids is 1. The maximum atomic E-state index is 11.7. The van der Waals surface area contributed by atoms with Gasteiger partial charge in [-0.2, -0.15) is 5.26 Å². The molecule has 0 radical (unpaired) electrons. The van der Waals surface area contributed by atoms with Gasteiger partial charge in [-0.15, -0.1) is 0 Å². The molecule has 0 aliphatic heterocycles. The van der Waals surface area contributed by atoms with Crippen molar-refractivity contribution >= 4 is 5.91 Å². The van der Waals surface area contributed by atoms with E-state index in [9.17, 15) is 4.79 Å². The van der Waals surface area contributed by atoms with E-state index in [1.54, 1.807) is 25.1 Å². The molecular formula is C14H18N2O2. The predicted molar refractivity (Wildman–Crippen MR) is 69.3 cm³/mol. The molecule has 18 heavy (non-hydrogen) atoms. The largest absolute Gasteiger partial charge is 0.481 e. The van der Waals surface area contributed by atoms with Gasteiger partial charge in [0, 0.05) is 6.04 Å². The minimum Gasteiger partial charge on any atom is -0.481 e. The molecule has 96 valence electrons. The molecule has 1 N–H and O–H groups in total. The third-order valence-corrected chi connectivity index (χ3v) is 2.42. The molecule has 0 heterocycles. The van der Waals surface area contributed by atoms with Gasteiger partial charge in [-0.3, -0.25) is 4.79 Å². The van der Waals surface area contributed by atoms with E-state index in [4.69, 9.17) is 10.00 Å². The van der Waals surface area contributed by atoms with Crippen molar-refractivity contribution in [1.29, 1.82) is 5.26 Å². The first kappa shape index (κ1) is 14.0. The zero-order valence-corrected chi connectivity index (χ0v) is 11.2. The Bertz CT molecular complexity index is 475. The van der Waals surface area contributed by atoms with Crippen molar-refractivity contribution in [2.45, 2.75) is 39.8 Å². The summed E-state index contributed by atoms with van der Waals surface area (Å²) in [4.78, 5) is 11.7. The van der Waals surface area contributed by atoms with Crippen LogP contribution in [-0.2, 0) is 4.79 Å². The number of hydrogen-bond acceptors (Lipinski definition) is 3. The lowest BCUT2D eigenvalue weighted by molar-refractivity contribution is -0.127. The molecule has 1 rings (SSSR count). The molecule has 0 spiro atoms. The Morgan fingerprint density at radius 2 is 2.06 bits per heavy atom. The third-order valence-electron chi connectivity index (χ3n) is 2.42. The molecule has 1 amide bonds. The van der Waals surface area contributed by atoms with E-state index in [1.807, 2.05) is 26.8 Å².